The average Bonchev–Trinajstić information content (AvgIpc) is 3.26. The van der Waals surface area contributed by atoms with Gasteiger partial charge in [0.1, 0.15) is 0 Å². The Kier molecular flexibility index (Phi) is 4.47. The molecule has 0 radical (unpaired) electrons. The number of hydrazine groups is 1. The molecule has 0 spiro atoms. The maximum atomic E-state index is 12.3. The van der Waals surface area contributed by atoms with Crippen LogP contribution in [0.25, 0.3) is 0 Å². The molecule has 3 N–H and O–H groups in total. The number of hydrogen-bond acceptors (Lipinski definition) is 5. The normalized spacial score (nSPS) is 30.1. The van der Waals surface area contributed by atoms with Crippen molar-refractivity contribution in [3.8, 4) is 0 Å². The zero-order chi connectivity index (χ0) is 14.8. The average molecular weight is 306 g/mol. The van der Waals surface area contributed by atoms with Gasteiger partial charge in [-0.1, -0.05) is 24.8 Å². The monoisotopic (exact) mass is 306 g/mol. The largest absolute Gasteiger partial charge is 0.338 e. The SMILES string of the molecule is CC(Sc1ccccn1)C(=O)NC1NNC(C2CC2)C1C. The summed E-state index contributed by atoms with van der Waals surface area (Å²) in [7, 11) is 0. The van der Waals surface area contributed by atoms with Crippen LogP contribution in [0.2, 0.25) is 0 Å². The van der Waals surface area contributed by atoms with Gasteiger partial charge in [0, 0.05) is 18.2 Å². The highest BCUT2D eigenvalue weighted by molar-refractivity contribution is 8.00. The van der Waals surface area contributed by atoms with Gasteiger partial charge in [-0.15, -0.1) is 0 Å². The Bertz CT molecular complexity index is 494. The Morgan fingerprint density at radius 2 is 2.24 bits per heavy atom. The fourth-order valence-electron chi connectivity index (χ4n) is 2.75. The number of nitrogens with zero attached hydrogens (tertiary/aromatic N) is 1. The van der Waals surface area contributed by atoms with Gasteiger partial charge in [-0.05, 0) is 37.8 Å². The third-order valence-electron chi connectivity index (χ3n) is 4.23. The van der Waals surface area contributed by atoms with Gasteiger partial charge >= 0.3 is 0 Å². The highest BCUT2D eigenvalue weighted by Crippen LogP contribution is 2.37. The molecular formula is C15H22N4OS. The van der Waals surface area contributed by atoms with E-state index >= 15 is 0 Å². The molecule has 1 saturated carbocycles. The third-order valence-corrected chi connectivity index (χ3v) is 5.28. The first-order valence-electron chi connectivity index (χ1n) is 7.54. The second kappa shape index (κ2) is 6.34. The van der Waals surface area contributed by atoms with E-state index in [0.29, 0.717) is 12.0 Å². The first-order chi connectivity index (χ1) is 10.1. The van der Waals surface area contributed by atoms with Crippen LogP contribution in [0.5, 0.6) is 0 Å². The van der Waals surface area contributed by atoms with E-state index in [4.69, 9.17) is 0 Å². The molecule has 6 heteroatoms. The topological polar surface area (TPSA) is 66.0 Å². The molecule has 5 nitrogen and oxygen atoms in total. The van der Waals surface area contributed by atoms with E-state index in [-0.39, 0.29) is 17.3 Å². The predicted octanol–water partition coefficient (Wildman–Crippen LogP) is 1.53. The summed E-state index contributed by atoms with van der Waals surface area (Å²) in [6.07, 6.45) is 4.36. The van der Waals surface area contributed by atoms with Crippen molar-refractivity contribution in [2.75, 3.05) is 0 Å². The third kappa shape index (κ3) is 3.56. The highest BCUT2D eigenvalue weighted by Gasteiger charge is 2.42. The van der Waals surface area contributed by atoms with Crippen molar-refractivity contribution in [1.82, 2.24) is 21.2 Å². The summed E-state index contributed by atoms with van der Waals surface area (Å²) < 4.78 is 0. The van der Waals surface area contributed by atoms with E-state index in [1.807, 2.05) is 25.1 Å². The predicted molar refractivity (Wildman–Crippen MR) is 83.4 cm³/mol. The van der Waals surface area contributed by atoms with Crippen molar-refractivity contribution < 1.29 is 4.79 Å². The fraction of sp³-hybridized carbons (Fsp3) is 0.600. The maximum absolute atomic E-state index is 12.3. The van der Waals surface area contributed by atoms with Gasteiger partial charge in [-0.2, -0.15) is 0 Å². The van der Waals surface area contributed by atoms with Crippen molar-refractivity contribution in [1.29, 1.82) is 0 Å². The van der Waals surface area contributed by atoms with Crippen LogP contribution in [0, 0.1) is 11.8 Å². The molecule has 1 aromatic heterocycles. The molecule has 21 heavy (non-hydrogen) atoms. The molecule has 4 atom stereocenters. The van der Waals surface area contributed by atoms with Crippen molar-refractivity contribution >= 4 is 17.7 Å². The molecule has 2 heterocycles. The summed E-state index contributed by atoms with van der Waals surface area (Å²) >= 11 is 1.48. The van der Waals surface area contributed by atoms with Crippen LogP contribution in [-0.4, -0.2) is 28.3 Å². The first kappa shape index (κ1) is 14.8. The molecule has 0 bridgehead atoms. The Hall–Kier alpha value is -1.11. The number of amides is 1. The lowest BCUT2D eigenvalue weighted by molar-refractivity contribution is -0.121. The molecule has 0 aromatic carbocycles. The molecule has 1 aliphatic heterocycles. The van der Waals surface area contributed by atoms with Crippen LogP contribution in [0.15, 0.2) is 29.4 Å². The molecule has 4 unspecified atom stereocenters. The fourth-order valence-corrected chi connectivity index (χ4v) is 3.56. The zero-order valence-electron chi connectivity index (χ0n) is 12.4. The molecule has 2 fully saturated rings. The molecular weight excluding hydrogens is 284 g/mol. The number of rotatable bonds is 5. The molecule has 1 amide bonds. The van der Waals surface area contributed by atoms with E-state index in [1.54, 1.807) is 6.20 Å². The lowest BCUT2D eigenvalue weighted by Crippen LogP contribution is -2.48. The van der Waals surface area contributed by atoms with Crippen LogP contribution in [0.4, 0.5) is 0 Å². The minimum absolute atomic E-state index is 0.00915. The highest BCUT2D eigenvalue weighted by atomic mass is 32.2. The quantitative estimate of drug-likeness (QED) is 0.720. The maximum Gasteiger partial charge on any atom is 0.234 e. The number of pyridine rings is 1. The van der Waals surface area contributed by atoms with Crippen LogP contribution < -0.4 is 16.2 Å². The molecule has 2 aliphatic rings. The van der Waals surface area contributed by atoms with Gasteiger partial charge in [-0.3, -0.25) is 10.2 Å². The van der Waals surface area contributed by atoms with Gasteiger partial charge < -0.3 is 5.32 Å². The van der Waals surface area contributed by atoms with Gasteiger partial charge in [0.2, 0.25) is 5.91 Å². The molecule has 114 valence electrons. The molecule has 1 saturated heterocycles. The Balaban J connectivity index is 1.51. The lowest BCUT2D eigenvalue weighted by atomic mass is 9.97. The van der Waals surface area contributed by atoms with E-state index in [0.717, 1.165) is 10.9 Å². The minimum atomic E-state index is -0.158. The Labute approximate surface area is 129 Å². The van der Waals surface area contributed by atoms with E-state index in [2.05, 4.69) is 28.1 Å². The van der Waals surface area contributed by atoms with E-state index in [1.165, 1.54) is 24.6 Å². The summed E-state index contributed by atoms with van der Waals surface area (Å²) in [5.74, 6) is 1.23. The van der Waals surface area contributed by atoms with Crippen LogP contribution in [0.3, 0.4) is 0 Å². The zero-order valence-corrected chi connectivity index (χ0v) is 13.2. The van der Waals surface area contributed by atoms with Gasteiger partial charge in [-0.25, -0.2) is 10.4 Å². The number of thioether (sulfide) groups is 1. The number of aromatic nitrogens is 1. The first-order valence-corrected chi connectivity index (χ1v) is 8.42. The molecule has 1 aromatic rings. The van der Waals surface area contributed by atoms with Crippen LogP contribution in [0.1, 0.15) is 26.7 Å². The summed E-state index contributed by atoms with van der Waals surface area (Å²) in [4.78, 5) is 16.6. The van der Waals surface area contributed by atoms with Gasteiger partial charge in [0.15, 0.2) is 0 Å². The second-order valence-corrected chi connectivity index (χ2v) is 7.29. The van der Waals surface area contributed by atoms with Crippen molar-refractivity contribution in [3.05, 3.63) is 24.4 Å². The summed E-state index contributed by atoms with van der Waals surface area (Å²) in [5, 5.41) is 3.82. The summed E-state index contributed by atoms with van der Waals surface area (Å²) in [6, 6.07) is 6.22. The van der Waals surface area contributed by atoms with Crippen molar-refractivity contribution in [2.45, 2.75) is 49.2 Å². The van der Waals surface area contributed by atoms with Crippen molar-refractivity contribution in [3.63, 3.8) is 0 Å². The van der Waals surface area contributed by atoms with Crippen LogP contribution in [-0.2, 0) is 4.79 Å². The number of carbonyl (C=O) groups is 1. The van der Waals surface area contributed by atoms with Gasteiger partial charge in [0.05, 0.1) is 16.4 Å². The summed E-state index contributed by atoms with van der Waals surface area (Å²) in [5.41, 5.74) is 6.55. The van der Waals surface area contributed by atoms with E-state index in [9.17, 15) is 4.79 Å². The van der Waals surface area contributed by atoms with Crippen molar-refractivity contribution in [2.24, 2.45) is 11.8 Å². The van der Waals surface area contributed by atoms with Gasteiger partial charge in [0.25, 0.3) is 0 Å². The standard InChI is InChI=1S/C15H22N4OS/c1-9-13(11-6-7-11)18-19-14(9)17-15(20)10(2)21-12-5-3-4-8-16-12/h3-5,8-11,13-14,18-19H,6-7H2,1-2H3,(H,17,20). The minimum Gasteiger partial charge on any atom is -0.338 e. The molecule has 3 rings (SSSR count). The second-order valence-electron chi connectivity index (χ2n) is 5.93. The van der Waals surface area contributed by atoms with E-state index < -0.39 is 0 Å². The number of carbonyl (C=O) groups excluding carboxylic acids is 1. The Morgan fingerprint density at radius 1 is 1.43 bits per heavy atom. The smallest absolute Gasteiger partial charge is 0.234 e. The number of nitrogens with one attached hydrogen (secondary N) is 3. The summed E-state index contributed by atoms with van der Waals surface area (Å²) in [6.45, 7) is 4.11. The molecule has 1 aliphatic carbocycles. The van der Waals surface area contributed by atoms with Crippen LogP contribution >= 0.6 is 11.8 Å². The Morgan fingerprint density at radius 3 is 2.90 bits per heavy atom. The number of hydrogen-bond donors (Lipinski definition) is 3. The lowest BCUT2D eigenvalue weighted by Gasteiger charge is -2.21.